The fourth-order valence-electron chi connectivity index (χ4n) is 1.29. The average molecular weight is 203 g/mol. The number of hydrogen-bond donors (Lipinski definition) is 1. The van der Waals surface area contributed by atoms with Crippen LogP contribution in [0.3, 0.4) is 0 Å². The van der Waals surface area contributed by atoms with Crippen LogP contribution in [0.5, 0.6) is 0 Å². The van der Waals surface area contributed by atoms with E-state index in [-0.39, 0.29) is 6.42 Å². The largest absolute Gasteiger partial charge is 0.481 e. The summed E-state index contributed by atoms with van der Waals surface area (Å²) in [5.74, 6) is -0.830. The van der Waals surface area contributed by atoms with Crippen molar-refractivity contribution in [2.75, 3.05) is 0 Å². The van der Waals surface area contributed by atoms with Crippen LogP contribution >= 0.6 is 0 Å². The van der Waals surface area contributed by atoms with Crippen molar-refractivity contribution in [3.63, 3.8) is 0 Å². The second-order valence-corrected chi connectivity index (χ2v) is 3.08. The normalized spacial score (nSPS) is 10.1. The molecule has 0 aliphatic rings. The molecule has 0 amide bonds. The highest BCUT2D eigenvalue weighted by atomic mass is 16.4. The molecule has 0 aliphatic heterocycles. The first-order valence-electron chi connectivity index (χ1n) is 4.43. The maximum absolute atomic E-state index is 10.5. The van der Waals surface area contributed by atoms with Crippen LogP contribution in [0.2, 0.25) is 0 Å². The summed E-state index contributed by atoms with van der Waals surface area (Å²) in [5.41, 5.74) is 1.63. The van der Waals surface area contributed by atoms with Crippen molar-refractivity contribution in [2.45, 2.75) is 6.42 Å². The highest BCUT2D eigenvalue weighted by molar-refractivity contribution is 5.70. The van der Waals surface area contributed by atoms with Crippen molar-refractivity contribution in [1.29, 1.82) is 0 Å². The molecule has 0 atom stereocenters. The molecule has 76 valence electrons. The lowest BCUT2D eigenvalue weighted by Gasteiger charge is -2.01. The summed E-state index contributed by atoms with van der Waals surface area (Å²) in [6, 6.07) is 7.16. The maximum Gasteiger partial charge on any atom is 0.307 e. The number of carboxylic acid groups (broad SMARTS) is 1. The van der Waals surface area contributed by atoms with Crippen LogP contribution in [-0.4, -0.2) is 26.1 Å². The molecule has 2 rings (SSSR count). The van der Waals surface area contributed by atoms with E-state index < -0.39 is 5.97 Å². The number of rotatable bonds is 3. The Bertz CT molecular complexity index is 448. The van der Waals surface area contributed by atoms with Gasteiger partial charge in [-0.3, -0.25) is 4.79 Å². The molecule has 0 spiro atoms. The predicted octanol–water partition coefficient (Wildman–Crippen LogP) is 0.894. The van der Waals surface area contributed by atoms with Gasteiger partial charge in [-0.05, 0) is 17.7 Å². The summed E-state index contributed by atoms with van der Waals surface area (Å²) < 4.78 is 1.62. The standard InChI is InChI=1S/C10H9N3O2/c14-10(15)7-8-1-3-9(4-2-8)13-6-5-11-12-13/h1-6H,7H2,(H,14,15). The van der Waals surface area contributed by atoms with Crippen LogP contribution in [0.25, 0.3) is 5.69 Å². The minimum atomic E-state index is -0.830. The molecular weight excluding hydrogens is 194 g/mol. The summed E-state index contributed by atoms with van der Waals surface area (Å²) in [6.07, 6.45) is 3.36. The number of aliphatic carboxylic acids is 1. The number of aromatic nitrogens is 3. The van der Waals surface area contributed by atoms with Gasteiger partial charge in [-0.2, -0.15) is 0 Å². The highest BCUT2D eigenvalue weighted by Gasteiger charge is 2.01. The van der Waals surface area contributed by atoms with Crippen LogP contribution in [0, 0.1) is 0 Å². The molecule has 15 heavy (non-hydrogen) atoms. The minimum absolute atomic E-state index is 0.0393. The fourth-order valence-corrected chi connectivity index (χ4v) is 1.29. The van der Waals surface area contributed by atoms with Crippen LogP contribution in [0.4, 0.5) is 0 Å². The summed E-state index contributed by atoms with van der Waals surface area (Å²) in [5, 5.41) is 16.1. The molecular formula is C10H9N3O2. The van der Waals surface area contributed by atoms with Gasteiger partial charge in [-0.1, -0.05) is 17.3 Å². The van der Waals surface area contributed by atoms with Gasteiger partial charge >= 0.3 is 5.97 Å². The van der Waals surface area contributed by atoms with Crippen molar-refractivity contribution >= 4 is 5.97 Å². The van der Waals surface area contributed by atoms with Gasteiger partial charge in [0.1, 0.15) is 0 Å². The highest BCUT2D eigenvalue weighted by Crippen LogP contribution is 2.08. The topological polar surface area (TPSA) is 68.0 Å². The van der Waals surface area contributed by atoms with E-state index >= 15 is 0 Å². The van der Waals surface area contributed by atoms with E-state index in [0.29, 0.717) is 0 Å². The number of carbonyl (C=O) groups is 1. The van der Waals surface area contributed by atoms with E-state index in [2.05, 4.69) is 10.3 Å². The van der Waals surface area contributed by atoms with Gasteiger partial charge in [0.2, 0.25) is 0 Å². The third-order valence-electron chi connectivity index (χ3n) is 1.98. The average Bonchev–Trinajstić information content (AvgIpc) is 2.71. The second kappa shape index (κ2) is 3.91. The molecule has 1 aromatic carbocycles. The number of hydrogen-bond acceptors (Lipinski definition) is 3. The van der Waals surface area contributed by atoms with Crippen molar-refractivity contribution in [3.8, 4) is 5.69 Å². The van der Waals surface area contributed by atoms with Crippen molar-refractivity contribution in [2.24, 2.45) is 0 Å². The van der Waals surface area contributed by atoms with Crippen molar-refractivity contribution in [1.82, 2.24) is 15.0 Å². The fraction of sp³-hybridized carbons (Fsp3) is 0.100. The molecule has 0 radical (unpaired) electrons. The third kappa shape index (κ3) is 2.19. The van der Waals surface area contributed by atoms with E-state index in [4.69, 9.17) is 5.11 Å². The lowest BCUT2D eigenvalue weighted by Crippen LogP contribution is -2.00. The summed E-state index contributed by atoms with van der Waals surface area (Å²) >= 11 is 0. The Labute approximate surface area is 86.0 Å². The van der Waals surface area contributed by atoms with Crippen LogP contribution in [0.1, 0.15) is 5.56 Å². The molecule has 0 unspecified atom stereocenters. The Hall–Kier alpha value is -2.17. The number of carboxylic acids is 1. The van der Waals surface area contributed by atoms with Gasteiger partial charge in [0.25, 0.3) is 0 Å². The van der Waals surface area contributed by atoms with Gasteiger partial charge in [-0.25, -0.2) is 4.68 Å². The molecule has 5 nitrogen and oxygen atoms in total. The van der Waals surface area contributed by atoms with E-state index in [1.54, 1.807) is 29.2 Å². The first-order valence-corrected chi connectivity index (χ1v) is 4.43. The van der Waals surface area contributed by atoms with Crippen LogP contribution in [-0.2, 0) is 11.2 Å². The van der Waals surface area contributed by atoms with Crippen LogP contribution in [0.15, 0.2) is 36.7 Å². The lowest BCUT2D eigenvalue weighted by atomic mass is 10.1. The second-order valence-electron chi connectivity index (χ2n) is 3.08. The molecule has 0 saturated carbocycles. The van der Waals surface area contributed by atoms with Gasteiger partial charge in [0, 0.05) is 0 Å². The van der Waals surface area contributed by atoms with Gasteiger partial charge < -0.3 is 5.11 Å². The van der Waals surface area contributed by atoms with E-state index in [9.17, 15) is 4.79 Å². The van der Waals surface area contributed by atoms with Crippen LogP contribution < -0.4 is 0 Å². The molecule has 1 N–H and O–H groups in total. The molecule has 5 heteroatoms. The molecule has 2 aromatic rings. The number of benzene rings is 1. The Morgan fingerprint density at radius 2 is 2.07 bits per heavy atom. The van der Waals surface area contributed by atoms with Crippen molar-refractivity contribution in [3.05, 3.63) is 42.2 Å². The predicted molar refractivity (Wildman–Crippen MR) is 52.7 cm³/mol. The molecule has 1 heterocycles. The quantitative estimate of drug-likeness (QED) is 0.804. The van der Waals surface area contributed by atoms with E-state index in [0.717, 1.165) is 11.3 Å². The zero-order valence-corrected chi connectivity index (χ0v) is 7.87. The van der Waals surface area contributed by atoms with Gasteiger partial charge in [0.15, 0.2) is 0 Å². The SMILES string of the molecule is O=C(O)Cc1ccc(-n2ccnn2)cc1. The van der Waals surface area contributed by atoms with E-state index in [1.807, 2.05) is 12.1 Å². The first kappa shape index (κ1) is 9.39. The Morgan fingerprint density at radius 3 is 2.60 bits per heavy atom. The Kier molecular flexibility index (Phi) is 2.45. The minimum Gasteiger partial charge on any atom is -0.481 e. The summed E-state index contributed by atoms with van der Waals surface area (Å²) in [4.78, 5) is 10.5. The summed E-state index contributed by atoms with van der Waals surface area (Å²) in [7, 11) is 0. The third-order valence-corrected chi connectivity index (χ3v) is 1.98. The monoisotopic (exact) mass is 203 g/mol. The lowest BCUT2D eigenvalue weighted by molar-refractivity contribution is -0.136. The molecule has 0 saturated heterocycles. The van der Waals surface area contributed by atoms with Gasteiger partial charge in [0.05, 0.1) is 24.5 Å². The molecule has 0 bridgehead atoms. The molecule has 1 aromatic heterocycles. The summed E-state index contributed by atoms with van der Waals surface area (Å²) in [6.45, 7) is 0. The molecule has 0 aliphatic carbocycles. The number of nitrogens with zero attached hydrogens (tertiary/aromatic N) is 3. The zero-order valence-electron chi connectivity index (χ0n) is 7.87. The molecule has 0 fully saturated rings. The van der Waals surface area contributed by atoms with Crippen molar-refractivity contribution < 1.29 is 9.90 Å². The zero-order chi connectivity index (χ0) is 10.7. The Balaban J connectivity index is 2.21. The van der Waals surface area contributed by atoms with E-state index in [1.165, 1.54) is 0 Å². The van der Waals surface area contributed by atoms with Gasteiger partial charge in [-0.15, -0.1) is 5.10 Å². The first-order chi connectivity index (χ1) is 7.25. The Morgan fingerprint density at radius 1 is 1.33 bits per heavy atom. The maximum atomic E-state index is 10.5. The smallest absolute Gasteiger partial charge is 0.307 e.